The predicted octanol–water partition coefficient (Wildman–Crippen LogP) is 1.14. The van der Waals surface area contributed by atoms with Crippen molar-refractivity contribution in [1.29, 1.82) is 0 Å². The first-order valence-corrected chi connectivity index (χ1v) is 8.02. The van der Waals surface area contributed by atoms with E-state index in [-0.39, 0.29) is 17.8 Å². The maximum atomic E-state index is 12.6. The molecule has 1 unspecified atom stereocenters. The molecule has 2 aromatic rings. The summed E-state index contributed by atoms with van der Waals surface area (Å²) in [4.78, 5) is 33.5. The summed E-state index contributed by atoms with van der Waals surface area (Å²) in [7, 11) is 1.69. The predicted molar refractivity (Wildman–Crippen MR) is 89.9 cm³/mol. The summed E-state index contributed by atoms with van der Waals surface area (Å²) in [6.45, 7) is 7.31. The van der Waals surface area contributed by atoms with Crippen LogP contribution in [0.2, 0.25) is 0 Å². The van der Waals surface area contributed by atoms with Crippen LogP contribution in [0, 0.1) is 0 Å². The standard InChI is InChI=1S/C16H23N5O3/c1-16(2,3)24-15(23)21-8-7-17-9-11(21)12-13-10(5-6-18-12)19-14(22)20(13)4/h5-6,11,17H,7-9H2,1-4H3,(H,19,22). The normalized spacial score (nSPS) is 18.8. The second-order valence-electron chi connectivity index (χ2n) is 6.98. The highest BCUT2D eigenvalue weighted by Crippen LogP contribution is 2.27. The Bertz CT molecular complexity index is 817. The first-order valence-electron chi connectivity index (χ1n) is 8.02. The van der Waals surface area contributed by atoms with E-state index in [4.69, 9.17) is 4.74 Å². The van der Waals surface area contributed by atoms with Gasteiger partial charge in [0.1, 0.15) is 5.60 Å². The number of ether oxygens (including phenoxy) is 1. The number of H-pyrrole nitrogens is 1. The van der Waals surface area contributed by atoms with Gasteiger partial charge in [0.2, 0.25) is 0 Å². The highest BCUT2D eigenvalue weighted by Gasteiger charge is 2.33. The summed E-state index contributed by atoms with van der Waals surface area (Å²) in [5.41, 5.74) is 1.34. The Morgan fingerprint density at radius 3 is 2.88 bits per heavy atom. The lowest BCUT2D eigenvalue weighted by Gasteiger charge is -2.37. The van der Waals surface area contributed by atoms with Crippen molar-refractivity contribution < 1.29 is 9.53 Å². The third-order valence-electron chi connectivity index (χ3n) is 4.02. The van der Waals surface area contributed by atoms with E-state index in [9.17, 15) is 9.59 Å². The van der Waals surface area contributed by atoms with Gasteiger partial charge in [-0.3, -0.25) is 14.5 Å². The molecule has 3 heterocycles. The van der Waals surface area contributed by atoms with Gasteiger partial charge >= 0.3 is 11.8 Å². The molecule has 0 aromatic carbocycles. The Balaban J connectivity index is 2.03. The molecule has 1 amide bonds. The number of amides is 1. The van der Waals surface area contributed by atoms with Crippen molar-refractivity contribution in [3.05, 3.63) is 28.4 Å². The summed E-state index contributed by atoms with van der Waals surface area (Å²) in [5.74, 6) is 0. The van der Waals surface area contributed by atoms with Crippen molar-refractivity contribution in [3.8, 4) is 0 Å². The fourth-order valence-electron chi connectivity index (χ4n) is 2.96. The van der Waals surface area contributed by atoms with E-state index >= 15 is 0 Å². The van der Waals surface area contributed by atoms with Gasteiger partial charge in [0, 0.05) is 32.9 Å². The molecule has 1 aliphatic rings. The summed E-state index contributed by atoms with van der Waals surface area (Å²) in [6, 6.07) is 1.47. The van der Waals surface area contributed by atoms with Gasteiger partial charge in [0.05, 0.1) is 22.8 Å². The number of aryl methyl sites for hydroxylation is 1. The number of aromatic nitrogens is 3. The summed E-state index contributed by atoms with van der Waals surface area (Å²) in [5, 5.41) is 3.28. The zero-order valence-electron chi connectivity index (χ0n) is 14.4. The third kappa shape index (κ3) is 3.01. The number of hydrogen-bond acceptors (Lipinski definition) is 5. The average Bonchev–Trinajstić information content (AvgIpc) is 2.80. The molecule has 0 saturated carbocycles. The first-order chi connectivity index (χ1) is 11.3. The molecule has 24 heavy (non-hydrogen) atoms. The number of nitrogens with zero attached hydrogens (tertiary/aromatic N) is 3. The summed E-state index contributed by atoms with van der Waals surface area (Å²) >= 11 is 0. The molecule has 2 N–H and O–H groups in total. The Hall–Kier alpha value is -2.35. The van der Waals surface area contributed by atoms with Gasteiger partial charge in [-0.1, -0.05) is 0 Å². The molecule has 1 saturated heterocycles. The van der Waals surface area contributed by atoms with E-state index in [1.807, 2.05) is 20.8 Å². The van der Waals surface area contributed by atoms with Crippen LogP contribution in [-0.2, 0) is 11.8 Å². The SMILES string of the molecule is Cn1c(=O)[nH]c2ccnc(C3CNCCN3C(=O)OC(C)(C)C)c21. The highest BCUT2D eigenvalue weighted by molar-refractivity contribution is 5.79. The maximum absolute atomic E-state index is 12.6. The quantitative estimate of drug-likeness (QED) is 0.816. The lowest BCUT2D eigenvalue weighted by atomic mass is 10.1. The Morgan fingerprint density at radius 2 is 2.17 bits per heavy atom. The molecule has 1 aliphatic heterocycles. The molecule has 130 valence electrons. The molecule has 8 heteroatoms. The minimum Gasteiger partial charge on any atom is -0.444 e. The van der Waals surface area contributed by atoms with Crippen molar-refractivity contribution in [1.82, 2.24) is 24.8 Å². The van der Waals surface area contributed by atoms with Gasteiger partial charge in [-0.05, 0) is 26.8 Å². The fraction of sp³-hybridized carbons (Fsp3) is 0.562. The first kappa shape index (κ1) is 16.5. The molecule has 8 nitrogen and oxygen atoms in total. The van der Waals surface area contributed by atoms with Gasteiger partial charge in [-0.25, -0.2) is 9.59 Å². The van der Waals surface area contributed by atoms with E-state index in [1.165, 1.54) is 4.57 Å². The van der Waals surface area contributed by atoms with Gasteiger partial charge < -0.3 is 15.0 Å². The number of rotatable bonds is 1. The van der Waals surface area contributed by atoms with Crippen molar-refractivity contribution in [3.63, 3.8) is 0 Å². The molecule has 0 bridgehead atoms. The van der Waals surface area contributed by atoms with Crippen LogP contribution >= 0.6 is 0 Å². The van der Waals surface area contributed by atoms with Crippen molar-refractivity contribution in [2.75, 3.05) is 19.6 Å². The molecule has 0 aliphatic carbocycles. The van der Waals surface area contributed by atoms with Crippen LogP contribution in [0.5, 0.6) is 0 Å². The van der Waals surface area contributed by atoms with E-state index in [0.29, 0.717) is 36.4 Å². The molecule has 2 aromatic heterocycles. The van der Waals surface area contributed by atoms with Gasteiger partial charge in [0.25, 0.3) is 0 Å². The highest BCUT2D eigenvalue weighted by atomic mass is 16.6. The minimum absolute atomic E-state index is 0.202. The number of piperazine rings is 1. The lowest BCUT2D eigenvalue weighted by Crippen LogP contribution is -2.50. The van der Waals surface area contributed by atoms with E-state index in [1.54, 1.807) is 24.2 Å². The van der Waals surface area contributed by atoms with Gasteiger partial charge in [-0.2, -0.15) is 0 Å². The second-order valence-corrected chi connectivity index (χ2v) is 6.98. The van der Waals surface area contributed by atoms with E-state index < -0.39 is 5.60 Å². The smallest absolute Gasteiger partial charge is 0.410 e. The molecule has 0 spiro atoms. The Labute approximate surface area is 139 Å². The van der Waals surface area contributed by atoms with Crippen molar-refractivity contribution in [2.24, 2.45) is 7.05 Å². The Kier molecular flexibility index (Phi) is 4.08. The van der Waals surface area contributed by atoms with Gasteiger partial charge in [-0.15, -0.1) is 0 Å². The number of carbonyl (C=O) groups is 1. The number of hydrogen-bond donors (Lipinski definition) is 2. The molecule has 3 rings (SSSR count). The minimum atomic E-state index is -0.563. The monoisotopic (exact) mass is 333 g/mol. The van der Waals surface area contributed by atoms with Crippen LogP contribution in [0.4, 0.5) is 4.79 Å². The summed E-state index contributed by atoms with van der Waals surface area (Å²) < 4.78 is 7.06. The van der Waals surface area contributed by atoms with Crippen LogP contribution in [0.15, 0.2) is 17.1 Å². The molecule has 0 radical (unpaired) electrons. The van der Waals surface area contributed by atoms with E-state index in [0.717, 1.165) is 0 Å². The maximum Gasteiger partial charge on any atom is 0.410 e. The zero-order chi connectivity index (χ0) is 17.5. The topological polar surface area (TPSA) is 92.3 Å². The Morgan fingerprint density at radius 1 is 1.42 bits per heavy atom. The van der Waals surface area contributed by atoms with Crippen LogP contribution in [0.25, 0.3) is 11.0 Å². The molecular formula is C16H23N5O3. The number of carbonyl (C=O) groups excluding carboxylic acids is 1. The van der Waals surface area contributed by atoms with Gasteiger partial charge in [0.15, 0.2) is 0 Å². The molecule has 1 fully saturated rings. The van der Waals surface area contributed by atoms with Crippen LogP contribution in [0.1, 0.15) is 32.5 Å². The zero-order valence-corrected chi connectivity index (χ0v) is 14.4. The fourth-order valence-corrected chi connectivity index (χ4v) is 2.96. The molecule has 1 atom stereocenters. The number of pyridine rings is 1. The van der Waals surface area contributed by atoms with Crippen LogP contribution in [0.3, 0.4) is 0 Å². The average molecular weight is 333 g/mol. The summed E-state index contributed by atoms with van der Waals surface area (Å²) in [6.07, 6.45) is 1.28. The number of aromatic amines is 1. The lowest BCUT2D eigenvalue weighted by molar-refractivity contribution is 0.0115. The number of fused-ring (bicyclic) bond motifs is 1. The molecular weight excluding hydrogens is 310 g/mol. The van der Waals surface area contributed by atoms with E-state index in [2.05, 4.69) is 15.3 Å². The number of nitrogens with one attached hydrogen (secondary N) is 2. The largest absolute Gasteiger partial charge is 0.444 e. The van der Waals surface area contributed by atoms with Crippen LogP contribution < -0.4 is 11.0 Å². The van der Waals surface area contributed by atoms with Crippen molar-refractivity contribution in [2.45, 2.75) is 32.4 Å². The number of imidazole rings is 1. The second kappa shape index (κ2) is 5.94. The van der Waals surface area contributed by atoms with Crippen LogP contribution in [-0.4, -0.2) is 50.8 Å². The van der Waals surface area contributed by atoms with Crippen molar-refractivity contribution >= 4 is 17.1 Å². The third-order valence-corrected chi connectivity index (χ3v) is 4.02.